The Kier molecular flexibility index (Phi) is 4.50. The molecule has 3 rings (SSSR count). The Morgan fingerprint density at radius 1 is 1.33 bits per heavy atom. The summed E-state index contributed by atoms with van der Waals surface area (Å²) >= 11 is 0. The van der Waals surface area contributed by atoms with E-state index in [-0.39, 0.29) is 11.9 Å². The minimum Gasteiger partial charge on any atom is -0.334 e. The van der Waals surface area contributed by atoms with Crippen LogP contribution in [0.5, 0.6) is 0 Å². The van der Waals surface area contributed by atoms with Crippen LogP contribution < -0.4 is 15.5 Å². The van der Waals surface area contributed by atoms with Crippen molar-refractivity contribution < 1.29 is 9.59 Å². The average molecular weight is 327 g/mol. The number of carbonyl (C=O) groups is 2. The summed E-state index contributed by atoms with van der Waals surface area (Å²) in [7, 11) is 1.78. The first-order valence-electron chi connectivity index (χ1n) is 7.98. The molecule has 0 spiro atoms. The number of carbonyl (C=O) groups excluding carboxylic acids is 2. The van der Waals surface area contributed by atoms with E-state index >= 15 is 0 Å². The molecule has 0 bridgehead atoms. The van der Waals surface area contributed by atoms with E-state index in [1.165, 1.54) is 0 Å². The lowest BCUT2D eigenvalue weighted by Crippen LogP contribution is -2.29. The highest BCUT2D eigenvalue weighted by molar-refractivity contribution is 5.95. The predicted octanol–water partition coefficient (Wildman–Crippen LogP) is 2.18. The molecular weight excluding hydrogens is 306 g/mol. The first kappa shape index (κ1) is 16.0. The molecule has 126 valence electrons. The lowest BCUT2D eigenvalue weighted by atomic mass is 10.2. The second kappa shape index (κ2) is 6.74. The summed E-state index contributed by atoms with van der Waals surface area (Å²) in [6.45, 7) is 3.02. The number of hydrogen-bond acceptors (Lipinski definition) is 3. The number of aryl methyl sites for hydroxylation is 2. The molecule has 1 aromatic heterocycles. The maximum Gasteiger partial charge on any atom is 0.320 e. The van der Waals surface area contributed by atoms with E-state index in [9.17, 15) is 9.59 Å². The Labute approximate surface area is 140 Å². The number of nitrogens with zero attached hydrogens (tertiary/aromatic N) is 3. The zero-order valence-corrected chi connectivity index (χ0v) is 13.9. The normalized spacial score (nSPS) is 14.1. The summed E-state index contributed by atoms with van der Waals surface area (Å²) in [5.74, 6) is 0.797. The van der Waals surface area contributed by atoms with Gasteiger partial charge in [-0.15, -0.1) is 0 Å². The third kappa shape index (κ3) is 3.56. The minimum atomic E-state index is -0.291. The lowest BCUT2D eigenvalue weighted by Gasteiger charge is -2.16. The first-order chi connectivity index (χ1) is 11.5. The molecule has 2 N–H and O–H groups in total. The molecule has 0 aliphatic carbocycles. The maximum atomic E-state index is 12.0. The van der Waals surface area contributed by atoms with Crippen molar-refractivity contribution in [3.8, 4) is 0 Å². The number of urea groups is 1. The van der Waals surface area contributed by atoms with Gasteiger partial charge < -0.3 is 10.2 Å². The van der Waals surface area contributed by atoms with Gasteiger partial charge in [-0.05, 0) is 31.0 Å². The monoisotopic (exact) mass is 327 g/mol. The fourth-order valence-corrected chi connectivity index (χ4v) is 2.83. The van der Waals surface area contributed by atoms with E-state index in [0.717, 1.165) is 29.9 Å². The summed E-state index contributed by atoms with van der Waals surface area (Å²) in [5.41, 5.74) is 2.68. The zero-order valence-electron chi connectivity index (χ0n) is 13.9. The summed E-state index contributed by atoms with van der Waals surface area (Å²) in [6, 6.07) is 9.21. The quantitative estimate of drug-likeness (QED) is 0.903. The smallest absolute Gasteiger partial charge is 0.320 e. The van der Waals surface area contributed by atoms with Crippen LogP contribution in [0.15, 0.2) is 30.3 Å². The van der Waals surface area contributed by atoms with Crippen molar-refractivity contribution in [2.75, 3.05) is 16.8 Å². The fraction of sp³-hybridized carbons (Fsp3) is 0.353. The number of rotatable bonds is 4. The Morgan fingerprint density at radius 2 is 2.17 bits per heavy atom. The van der Waals surface area contributed by atoms with E-state index in [1.54, 1.807) is 22.7 Å². The zero-order chi connectivity index (χ0) is 17.1. The maximum absolute atomic E-state index is 12.0. The Hall–Kier alpha value is -2.83. The van der Waals surface area contributed by atoms with Crippen LogP contribution >= 0.6 is 0 Å². The molecule has 1 saturated heterocycles. The average Bonchev–Trinajstić information content (AvgIpc) is 3.11. The van der Waals surface area contributed by atoms with Gasteiger partial charge in [0.2, 0.25) is 5.91 Å². The SMILES string of the molecule is Cc1cc(NC(=O)NCc2cccc(N3CCCC3=O)c2)n(C)n1. The highest BCUT2D eigenvalue weighted by Gasteiger charge is 2.21. The summed E-state index contributed by atoms with van der Waals surface area (Å²) in [6.07, 6.45) is 1.50. The second-order valence-corrected chi connectivity index (χ2v) is 5.92. The van der Waals surface area contributed by atoms with Crippen LogP contribution in [0.1, 0.15) is 24.1 Å². The van der Waals surface area contributed by atoms with Gasteiger partial charge in [0, 0.05) is 38.3 Å². The third-order valence-electron chi connectivity index (χ3n) is 3.99. The largest absolute Gasteiger partial charge is 0.334 e. The van der Waals surface area contributed by atoms with Crippen molar-refractivity contribution in [3.05, 3.63) is 41.6 Å². The second-order valence-electron chi connectivity index (χ2n) is 5.92. The van der Waals surface area contributed by atoms with Gasteiger partial charge in [-0.1, -0.05) is 12.1 Å². The van der Waals surface area contributed by atoms with E-state index in [1.807, 2.05) is 31.2 Å². The van der Waals surface area contributed by atoms with Crippen LogP contribution in [0.4, 0.5) is 16.3 Å². The number of anilines is 2. The van der Waals surface area contributed by atoms with Crippen molar-refractivity contribution in [3.63, 3.8) is 0 Å². The molecule has 0 saturated carbocycles. The van der Waals surface area contributed by atoms with Crippen molar-refractivity contribution in [1.82, 2.24) is 15.1 Å². The Balaban J connectivity index is 1.59. The Bertz CT molecular complexity index is 768. The summed E-state index contributed by atoms with van der Waals surface area (Å²) < 4.78 is 1.62. The Morgan fingerprint density at radius 3 is 2.83 bits per heavy atom. The van der Waals surface area contributed by atoms with Crippen LogP contribution in [-0.2, 0) is 18.4 Å². The standard InChI is InChI=1S/C17H21N5O2/c1-12-9-15(21(2)20-12)19-17(24)18-11-13-5-3-6-14(10-13)22-8-4-7-16(22)23/h3,5-6,9-10H,4,7-8,11H2,1-2H3,(H2,18,19,24). The van der Waals surface area contributed by atoms with Crippen molar-refractivity contribution in [2.24, 2.45) is 7.05 Å². The van der Waals surface area contributed by atoms with Gasteiger partial charge in [-0.25, -0.2) is 4.79 Å². The van der Waals surface area contributed by atoms with Gasteiger partial charge >= 0.3 is 6.03 Å². The molecule has 1 aliphatic heterocycles. The molecule has 2 heterocycles. The van der Waals surface area contributed by atoms with E-state index in [2.05, 4.69) is 15.7 Å². The minimum absolute atomic E-state index is 0.157. The van der Waals surface area contributed by atoms with Crippen molar-refractivity contribution >= 4 is 23.4 Å². The number of benzene rings is 1. The highest BCUT2D eigenvalue weighted by Crippen LogP contribution is 2.22. The van der Waals surface area contributed by atoms with Gasteiger partial charge in [-0.2, -0.15) is 5.10 Å². The van der Waals surface area contributed by atoms with Crippen LogP contribution in [0, 0.1) is 6.92 Å². The van der Waals surface area contributed by atoms with Crippen LogP contribution in [-0.4, -0.2) is 28.3 Å². The molecule has 0 atom stereocenters. The van der Waals surface area contributed by atoms with Crippen LogP contribution in [0.2, 0.25) is 0 Å². The van der Waals surface area contributed by atoms with Gasteiger partial charge in [0.25, 0.3) is 0 Å². The third-order valence-corrected chi connectivity index (χ3v) is 3.99. The van der Waals surface area contributed by atoms with Crippen molar-refractivity contribution in [1.29, 1.82) is 0 Å². The molecular formula is C17H21N5O2. The van der Waals surface area contributed by atoms with Crippen LogP contribution in [0.25, 0.3) is 0 Å². The van der Waals surface area contributed by atoms with E-state index in [4.69, 9.17) is 0 Å². The first-order valence-corrected chi connectivity index (χ1v) is 7.98. The van der Waals surface area contributed by atoms with Gasteiger partial charge in [-0.3, -0.25) is 14.8 Å². The molecule has 7 heteroatoms. The molecule has 7 nitrogen and oxygen atoms in total. The number of amides is 3. The molecule has 1 aliphatic rings. The van der Waals surface area contributed by atoms with E-state index < -0.39 is 0 Å². The molecule has 1 aromatic carbocycles. The van der Waals surface area contributed by atoms with Crippen molar-refractivity contribution in [2.45, 2.75) is 26.3 Å². The molecule has 2 aromatic rings. The molecule has 0 radical (unpaired) electrons. The molecule has 24 heavy (non-hydrogen) atoms. The molecule has 1 fully saturated rings. The summed E-state index contributed by atoms with van der Waals surface area (Å²) in [5, 5.41) is 9.76. The van der Waals surface area contributed by atoms with E-state index in [0.29, 0.717) is 18.8 Å². The van der Waals surface area contributed by atoms with Crippen LogP contribution in [0.3, 0.4) is 0 Å². The topological polar surface area (TPSA) is 79.3 Å². The number of hydrogen-bond donors (Lipinski definition) is 2. The molecule has 0 unspecified atom stereocenters. The number of nitrogens with one attached hydrogen (secondary N) is 2. The van der Waals surface area contributed by atoms with Gasteiger partial charge in [0.1, 0.15) is 5.82 Å². The number of aromatic nitrogens is 2. The lowest BCUT2D eigenvalue weighted by molar-refractivity contribution is -0.117. The summed E-state index contributed by atoms with van der Waals surface area (Å²) in [4.78, 5) is 25.6. The molecule has 3 amide bonds. The van der Waals surface area contributed by atoms with Gasteiger partial charge in [0.15, 0.2) is 0 Å². The van der Waals surface area contributed by atoms with Gasteiger partial charge in [0.05, 0.1) is 5.69 Å². The predicted molar refractivity (Wildman–Crippen MR) is 91.8 cm³/mol. The fourth-order valence-electron chi connectivity index (χ4n) is 2.83. The highest BCUT2D eigenvalue weighted by atomic mass is 16.2.